The Kier molecular flexibility index (Phi) is 6.82. The lowest BCUT2D eigenvalue weighted by Gasteiger charge is -2.29. The molecule has 3 rings (SSSR count). The lowest BCUT2D eigenvalue weighted by atomic mass is 9.80. The molecule has 0 heterocycles. The van der Waals surface area contributed by atoms with Gasteiger partial charge in [-0.15, -0.1) is 0 Å². The van der Waals surface area contributed by atoms with Crippen LogP contribution in [0, 0.1) is 0 Å². The van der Waals surface area contributed by atoms with Crippen molar-refractivity contribution in [3.05, 3.63) is 46.5 Å². The molecule has 6 nitrogen and oxygen atoms in total. The summed E-state index contributed by atoms with van der Waals surface area (Å²) in [5, 5.41) is 13.5. The van der Waals surface area contributed by atoms with E-state index < -0.39 is 0 Å². The monoisotopic (exact) mass is 436 g/mol. The largest absolute Gasteiger partial charge is 0.382 e. The minimum absolute atomic E-state index is 0.120. The Balaban J connectivity index is 2.34. The minimum atomic E-state index is -0.138. The van der Waals surface area contributed by atoms with Crippen LogP contribution in [0.3, 0.4) is 0 Å². The molecular formula is C26H36N4O2. The van der Waals surface area contributed by atoms with Crippen LogP contribution in [0.25, 0.3) is 0 Å². The normalized spacial score (nSPS) is 13.0. The van der Waals surface area contributed by atoms with Crippen molar-refractivity contribution in [1.29, 1.82) is 0 Å². The summed E-state index contributed by atoms with van der Waals surface area (Å²) in [5.41, 5.74) is 4.51. The van der Waals surface area contributed by atoms with Crippen molar-refractivity contribution < 1.29 is 9.59 Å². The predicted octanol–water partition coefficient (Wildman–Crippen LogP) is 5.74. The number of benzene rings is 2. The second-order valence-electron chi connectivity index (χ2n) is 9.68. The van der Waals surface area contributed by atoms with Gasteiger partial charge in [0.05, 0.1) is 22.3 Å². The third-order valence-corrected chi connectivity index (χ3v) is 5.10. The minimum Gasteiger partial charge on any atom is -0.382 e. The van der Waals surface area contributed by atoms with Crippen molar-refractivity contribution in [3.63, 3.8) is 0 Å². The Morgan fingerprint density at radius 1 is 0.438 bits per heavy atom. The maximum Gasteiger partial charge on any atom is 0.198 e. The summed E-state index contributed by atoms with van der Waals surface area (Å²) in [4.78, 5) is 28.1. The molecular weight excluding hydrogens is 400 g/mol. The number of ketones is 2. The molecule has 0 saturated heterocycles. The van der Waals surface area contributed by atoms with E-state index in [1.54, 1.807) is 0 Å². The molecule has 172 valence electrons. The molecule has 0 atom stereocenters. The molecule has 0 amide bonds. The van der Waals surface area contributed by atoms with Crippen molar-refractivity contribution in [2.45, 2.75) is 79.6 Å². The molecule has 6 heteroatoms. The Labute approximate surface area is 191 Å². The highest BCUT2D eigenvalue weighted by Gasteiger charge is 2.38. The summed E-state index contributed by atoms with van der Waals surface area (Å²) in [6.45, 7) is 16.2. The van der Waals surface area contributed by atoms with E-state index in [4.69, 9.17) is 0 Å². The Morgan fingerprint density at radius 3 is 0.781 bits per heavy atom. The summed E-state index contributed by atoms with van der Waals surface area (Å²) in [6.07, 6.45) is 0. The zero-order valence-electron chi connectivity index (χ0n) is 20.4. The average molecular weight is 437 g/mol. The van der Waals surface area contributed by atoms with Crippen molar-refractivity contribution in [1.82, 2.24) is 0 Å². The van der Waals surface area contributed by atoms with Crippen LogP contribution in [0.5, 0.6) is 0 Å². The molecule has 4 N–H and O–H groups in total. The number of hydrogen-bond acceptors (Lipinski definition) is 6. The highest BCUT2D eigenvalue weighted by molar-refractivity contribution is 6.35. The number of fused-ring (bicyclic) bond motifs is 2. The van der Waals surface area contributed by atoms with Crippen molar-refractivity contribution in [2.75, 3.05) is 21.3 Å². The van der Waals surface area contributed by atoms with Gasteiger partial charge in [-0.3, -0.25) is 9.59 Å². The van der Waals surface area contributed by atoms with Gasteiger partial charge in [-0.2, -0.15) is 0 Å². The third-order valence-electron chi connectivity index (χ3n) is 5.10. The van der Waals surface area contributed by atoms with Gasteiger partial charge in [0, 0.05) is 46.9 Å². The molecule has 0 aromatic heterocycles. The van der Waals surface area contributed by atoms with E-state index in [-0.39, 0.29) is 35.7 Å². The standard InChI is InChI=1S/C26H36N4O2/c1-13(2)27-17-9-10-18(28-14(3)4)22-21(17)25(31)23-19(29-15(5)6)11-12-20(30-16(7)8)24(23)26(22)32/h9-16,27-30H,1-8H3. The van der Waals surface area contributed by atoms with Crippen molar-refractivity contribution >= 4 is 34.3 Å². The first-order valence-electron chi connectivity index (χ1n) is 11.5. The zero-order valence-corrected chi connectivity index (χ0v) is 20.4. The molecule has 0 aliphatic heterocycles. The summed E-state index contributed by atoms with van der Waals surface area (Å²) in [6, 6.07) is 8.06. The van der Waals surface area contributed by atoms with Gasteiger partial charge >= 0.3 is 0 Å². The molecule has 1 aliphatic rings. The second kappa shape index (κ2) is 9.23. The number of carbonyl (C=O) groups excluding carboxylic acids is 2. The quantitative estimate of drug-likeness (QED) is 0.360. The first kappa shape index (κ1) is 23.6. The number of nitrogens with one attached hydrogen (secondary N) is 4. The first-order chi connectivity index (χ1) is 15.0. The maximum atomic E-state index is 14.0. The van der Waals surface area contributed by atoms with Crippen LogP contribution < -0.4 is 21.3 Å². The lowest BCUT2D eigenvalue weighted by Crippen LogP contribution is -2.29. The van der Waals surface area contributed by atoms with Crippen LogP contribution in [-0.4, -0.2) is 35.7 Å². The van der Waals surface area contributed by atoms with E-state index in [0.29, 0.717) is 45.0 Å². The van der Waals surface area contributed by atoms with Gasteiger partial charge in [-0.25, -0.2) is 0 Å². The van der Waals surface area contributed by atoms with Gasteiger partial charge in [-0.1, -0.05) is 0 Å². The number of carbonyl (C=O) groups is 2. The average Bonchev–Trinajstić information content (AvgIpc) is 2.66. The van der Waals surface area contributed by atoms with E-state index in [1.807, 2.05) is 79.7 Å². The van der Waals surface area contributed by atoms with Crippen LogP contribution in [0.1, 0.15) is 87.2 Å². The molecule has 2 aromatic carbocycles. The van der Waals surface area contributed by atoms with Gasteiger partial charge in [0.2, 0.25) is 0 Å². The fourth-order valence-electron chi connectivity index (χ4n) is 4.12. The third kappa shape index (κ3) is 4.59. The maximum absolute atomic E-state index is 14.0. The van der Waals surface area contributed by atoms with Crippen LogP contribution in [0.4, 0.5) is 22.7 Å². The zero-order chi connectivity index (χ0) is 23.7. The summed E-state index contributed by atoms with van der Waals surface area (Å²) in [5.74, 6) is -0.276. The Hall–Kier alpha value is -3.02. The molecule has 0 fully saturated rings. The predicted molar refractivity (Wildman–Crippen MR) is 135 cm³/mol. The van der Waals surface area contributed by atoms with Crippen LogP contribution in [-0.2, 0) is 0 Å². The van der Waals surface area contributed by atoms with Gasteiger partial charge in [0.1, 0.15) is 0 Å². The van der Waals surface area contributed by atoms with Crippen molar-refractivity contribution in [2.24, 2.45) is 0 Å². The van der Waals surface area contributed by atoms with Crippen molar-refractivity contribution in [3.8, 4) is 0 Å². The SMILES string of the molecule is CC(C)Nc1ccc(NC(C)C)c2c1C(=O)c1c(NC(C)C)ccc(NC(C)C)c1C2=O. The fraction of sp³-hybridized carbons (Fsp3) is 0.462. The smallest absolute Gasteiger partial charge is 0.198 e. The molecule has 0 radical (unpaired) electrons. The summed E-state index contributed by atoms with van der Waals surface area (Å²) in [7, 11) is 0. The number of anilines is 4. The summed E-state index contributed by atoms with van der Waals surface area (Å²) < 4.78 is 0. The highest BCUT2D eigenvalue weighted by Crippen LogP contribution is 2.42. The second-order valence-corrected chi connectivity index (χ2v) is 9.68. The lowest BCUT2D eigenvalue weighted by molar-refractivity contribution is 0.0981. The van der Waals surface area contributed by atoms with E-state index in [9.17, 15) is 9.59 Å². The van der Waals surface area contributed by atoms with Crippen LogP contribution in [0.15, 0.2) is 24.3 Å². The molecule has 0 bridgehead atoms. The Bertz CT molecular complexity index is 877. The van der Waals surface area contributed by atoms with E-state index in [1.165, 1.54) is 0 Å². The van der Waals surface area contributed by atoms with Gasteiger partial charge in [-0.05, 0) is 79.7 Å². The van der Waals surface area contributed by atoms with E-state index in [2.05, 4.69) is 21.3 Å². The molecule has 0 saturated carbocycles. The molecule has 1 aliphatic carbocycles. The number of hydrogen-bond donors (Lipinski definition) is 4. The van der Waals surface area contributed by atoms with E-state index in [0.717, 1.165) is 0 Å². The number of rotatable bonds is 8. The first-order valence-corrected chi connectivity index (χ1v) is 11.5. The van der Waals surface area contributed by atoms with Gasteiger partial charge < -0.3 is 21.3 Å². The topological polar surface area (TPSA) is 82.3 Å². The highest BCUT2D eigenvalue weighted by atomic mass is 16.1. The molecule has 0 unspecified atom stereocenters. The summed E-state index contributed by atoms with van der Waals surface area (Å²) >= 11 is 0. The van der Waals surface area contributed by atoms with Crippen LogP contribution in [0.2, 0.25) is 0 Å². The molecule has 2 aromatic rings. The van der Waals surface area contributed by atoms with E-state index >= 15 is 0 Å². The Morgan fingerprint density at radius 2 is 0.625 bits per heavy atom. The van der Waals surface area contributed by atoms with Crippen LogP contribution >= 0.6 is 0 Å². The fourth-order valence-corrected chi connectivity index (χ4v) is 4.12. The molecule has 0 spiro atoms. The van der Waals surface area contributed by atoms with Gasteiger partial charge in [0.15, 0.2) is 11.6 Å². The van der Waals surface area contributed by atoms with Gasteiger partial charge in [0.25, 0.3) is 0 Å². The molecule has 32 heavy (non-hydrogen) atoms.